The molecule has 0 unspecified atom stereocenters. The molecule has 0 aliphatic heterocycles. The summed E-state index contributed by atoms with van der Waals surface area (Å²) in [4.78, 5) is 39.1. The molecule has 7 heteroatoms. The van der Waals surface area contributed by atoms with E-state index in [0.717, 1.165) is 38.5 Å². The molecule has 0 N–H and O–H groups in total. The van der Waals surface area contributed by atoms with Gasteiger partial charge in [0.25, 0.3) is 0 Å². The Balaban J connectivity index is 3.77. The summed E-state index contributed by atoms with van der Waals surface area (Å²) in [7, 11) is 3.54. The number of hydrogen-bond acceptors (Lipinski definition) is 5. The van der Waals surface area contributed by atoms with Gasteiger partial charge in [-0.25, -0.2) is 4.79 Å². The molecule has 0 heterocycles. The minimum atomic E-state index is -0.526. The Labute approximate surface area is 189 Å². The molecule has 0 aromatic heterocycles. The van der Waals surface area contributed by atoms with Gasteiger partial charge in [0.15, 0.2) is 0 Å². The topological polar surface area (TPSA) is 76.2 Å². The first kappa shape index (κ1) is 29.2. The number of ether oxygens (including phenoxy) is 2. The standard InChI is InChI=1S/C24H46N2O5/c1-23(2,3)16-13-18-26(8)22(29)30-19-12-10-9-11-17-25(7)20(27)14-15-21(28)31-24(4,5)6/h9-19H2,1-8H3. The van der Waals surface area contributed by atoms with Gasteiger partial charge in [-0.1, -0.05) is 27.2 Å². The Kier molecular flexibility index (Phi) is 13.5. The molecular formula is C24H46N2O5. The monoisotopic (exact) mass is 442 g/mol. The zero-order chi connectivity index (χ0) is 24.1. The van der Waals surface area contributed by atoms with Crippen molar-refractivity contribution < 1.29 is 23.9 Å². The van der Waals surface area contributed by atoms with E-state index in [1.165, 1.54) is 0 Å². The Morgan fingerprint density at radius 1 is 0.742 bits per heavy atom. The van der Waals surface area contributed by atoms with Crippen LogP contribution in [0.5, 0.6) is 0 Å². The maximum Gasteiger partial charge on any atom is 0.409 e. The van der Waals surface area contributed by atoms with Crippen LogP contribution in [0.25, 0.3) is 0 Å². The molecule has 2 amide bonds. The van der Waals surface area contributed by atoms with Gasteiger partial charge in [-0.3, -0.25) is 9.59 Å². The van der Waals surface area contributed by atoms with Crippen molar-refractivity contribution in [2.24, 2.45) is 5.41 Å². The SMILES string of the molecule is CN(CCCCCCOC(=O)N(C)CCCC(C)(C)C)C(=O)CCC(=O)OC(C)(C)C. The number of rotatable bonds is 13. The third kappa shape index (κ3) is 17.6. The summed E-state index contributed by atoms with van der Waals surface area (Å²) in [5.41, 5.74) is -0.246. The average molecular weight is 443 g/mol. The molecule has 0 bridgehead atoms. The van der Waals surface area contributed by atoms with Crippen molar-refractivity contribution in [3.8, 4) is 0 Å². The van der Waals surface area contributed by atoms with E-state index < -0.39 is 5.60 Å². The molecule has 182 valence electrons. The van der Waals surface area contributed by atoms with Gasteiger partial charge in [0.1, 0.15) is 5.60 Å². The first-order valence-corrected chi connectivity index (χ1v) is 11.5. The van der Waals surface area contributed by atoms with Crippen LogP contribution in [0.4, 0.5) is 4.79 Å². The molecule has 0 rings (SSSR count). The number of hydrogen-bond donors (Lipinski definition) is 0. The van der Waals surface area contributed by atoms with Gasteiger partial charge < -0.3 is 19.3 Å². The molecule has 0 radical (unpaired) electrons. The van der Waals surface area contributed by atoms with E-state index in [9.17, 15) is 14.4 Å². The van der Waals surface area contributed by atoms with Crippen LogP contribution in [0.2, 0.25) is 0 Å². The lowest BCUT2D eigenvalue weighted by Crippen LogP contribution is -2.29. The fourth-order valence-corrected chi connectivity index (χ4v) is 2.93. The Hall–Kier alpha value is -1.79. The highest BCUT2D eigenvalue weighted by molar-refractivity contribution is 5.81. The van der Waals surface area contributed by atoms with E-state index in [0.29, 0.717) is 19.7 Å². The minimum absolute atomic E-state index is 0.0470. The van der Waals surface area contributed by atoms with Crippen LogP contribution >= 0.6 is 0 Å². The maximum absolute atomic E-state index is 12.1. The van der Waals surface area contributed by atoms with E-state index in [1.807, 2.05) is 20.8 Å². The molecule has 0 fully saturated rings. The molecule has 0 aromatic rings. The van der Waals surface area contributed by atoms with Crippen molar-refractivity contribution in [3.63, 3.8) is 0 Å². The van der Waals surface area contributed by atoms with Gasteiger partial charge in [0.05, 0.1) is 13.0 Å². The van der Waals surface area contributed by atoms with Gasteiger partial charge in [0, 0.05) is 33.6 Å². The summed E-state index contributed by atoms with van der Waals surface area (Å²) in [6.45, 7) is 13.8. The molecule has 0 aliphatic rings. The van der Waals surface area contributed by atoms with Crippen LogP contribution in [0.3, 0.4) is 0 Å². The molecule has 31 heavy (non-hydrogen) atoms. The van der Waals surface area contributed by atoms with E-state index in [1.54, 1.807) is 23.9 Å². The molecule has 0 aliphatic carbocycles. The lowest BCUT2D eigenvalue weighted by molar-refractivity contribution is -0.156. The second kappa shape index (κ2) is 14.3. The highest BCUT2D eigenvalue weighted by Gasteiger charge is 2.18. The summed E-state index contributed by atoms with van der Waals surface area (Å²) in [5, 5.41) is 0. The highest BCUT2D eigenvalue weighted by Crippen LogP contribution is 2.20. The molecule has 0 spiro atoms. The van der Waals surface area contributed by atoms with Crippen molar-refractivity contribution in [1.82, 2.24) is 9.80 Å². The smallest absolute Gasteiger partial charge is 0.409 e. The number of carbonyl (C=O) groups is 3. The molecular weight excluding hydrogens is 396 g/mol. The maximum atomic E-state index is 12.1. The predicted octanol–water partition coefficient (Wildman–Crippen LogP) is 5.02. The fourth-order valence-electron chi connectivity index (χ4n) is 2.93. The summed E-state index contributed by atoms with van der Waals surface area (Å²) >= 11 is 0. The normalized spacial score (nSPS) is 11.7. The van der Waals surface area contributed by atoms with Crippen LogP contribution in [0.1, 0.15) is 92.9 Å². The van der Waals surface area contributed by atoms with Crippen LogP contribution in [-0.4, -0.2) is 67.2 Å². The van der Waals surface area contributed by atoms with Crippen molar-refractivity contribution in [1.29, 1.82) is 0 Å². The summed E-state index contributed by atoms with van der Waals surface area (Å²) in [6, 6.07) is 0. The second-order valence-corrected chi connectivity index (χ2v) is 10.5. The number of amides is 2. The van der Waals surface area contributed by atoms with Crippen molar-refractivity contribution in [2.75, 3.05) is 33.8 Å². The Morgan fingerprint density at radius 2 is 1.32 bits per heavy atom. The molecule has 0 saturated heterocycles. The quantitative estimate of drug-likeness (QED) is 0.296. The zero-order valence-electron chi connectivity index (χ0n) is 21.2. The second-order valence-electron chi connectivity index (χ2n) is 10.5. The van der Waals surface area contributed by atoms with Gasteiger partial charge in [-0.2, -0.15) is 0 Å². The van der Waals surface area contributed by atoms with Crippen LogP contribution in [0.15, 0.2) is 0 Å². The zero-order valence-corrected chi connectivity index (χ0v) is 21.2. The van der Waals surface area contributed by atoms with Crippen LogP contribution in [0, 0.1) is 5.41 Å². The van der Waals surface area contributed by atoms with Crippen molar-refractivity contribution in [2.45, 2.75) is 98.5 Å². The lowest BCUT2D eigenvalue weighted by Gasteiger charge is -2.21. The molecule has 0 atom stereocenters. The lowest BCUT2D eigenvalue weighted by atomic mass is 9.90. The van der Waals surface area contributed by atoms with E-state index in [-0.39, 0.29) is 36.2 Å². The predicted molar refractivity (Wildman–Crippen MR) is 124 cm³/mol. The first-order valence-electron chi connectivity index (χ1n) is 11.5. The number of esters is 1. The summed E-state index contributed by atoms with van der Waals surface area (Å²) in [6.07, 6.45) is 5.67. The van der Waals surface area contributed by atoms with Gasteiger partial charge in [0.2, 0.25) is 5.91 Å². The van der Waals surface area contributed by atoms with E-state index in [2.05, 4.69) is 20.8 Å². The van der Waals surface area contributed by atoms with Crippen molar-refractivity contribution >= 4 is 18.0 Å². The average Bonchev–Trinajstić information content (AvgIpc) is 2.62. The van der Waals surface area contributed by atoms with Gasteiger partial charge >= 0.3 is 12.1 Å². The van der Waals surface area contributed by atoms with E-state index >= 15 is 0 Å². The largest absolute Gasteiger partial charge is 0.460 e. The van der Waals surface area contributed by atoms with Gasteiger partial charge in [-0.15, -0.1) is 0 Å². The molecule has 7 nitrogen and oxygen atoms in total. The fraction of sp³-hybridized carbons (Fsp3) is 0.875. The van der Waals surface area contributed by atoms with Crippen LogP contribution < -0.4 is 0 Å². The number of unbranched alkanes of at least 4 members (excludes halogenated alkanes) is 3. The van der Waals surface area contributed by atoms with Crippen molar-refractivity contribution in [3.05, 3.63) is 0 Å². The third-order valence-corrected chi connectivity index (χ3v) is 4.73. The Bertz CT molecular complexity index is 549. The summed E-state index contributed by atoms with van der Waals surface area (Å²) in [5.74, 6) is -0.391. The number of carbonyl (C=O) groups excluding carboxylic acids is 3. The molecule has 0 saturated carbocycles. The van der Waals surface area contributed by atoms with E-state index in [4.69, 9.17) is 9.47 Å². The Morgan fingerprint density at radius 3 is 1.90 bits per heavy atom. The summed E-state index contributed by atoms with van der Waals surface area (Å²) < 4.78 is 10.5. The number of nitrogens with zero attached hydrogens (tertiary/aromatic N) is 2. The first-order chi connectivity index (χ1) is 14.2. The third-order valence-electron chi connectivity index (χ3n) is 4.73. The highest BCUT2D eigenvalue weighted by atomic mass is 16.6. The molecule has 0 aromatic carbocycles. The minimum Gasteiger partial charge on any atom is -0.460 e. The van der Waals surface area contributed by atoms with Crippen LogP contribution in [-0.2, 0) is 19.1 Å². The van der Waals surface area contributed by atoms with Gasteiger partial charge in [-0.05, 0) is 58.3 Å².